The standard InChI is InChI=1S/C22H18N6O3S/c1-12-3-8-19-16(9-12)17(27-31-19)10-20(30)24-21-25-22-28(26-21)18(11-32-22)14-4-6-15(7-5-14)23-13(2)29/h3-9,11H,10H2,1-2H3,(H,23,29)(H,24,26,30). The van der Waals surface area contributed by atoms with Crippen molar-refractivity contribution in [3.8, 4) is 11.3 Å². The van der Waals surface area contributed by atoms with Crippen molar-refractivity contribution in [3.05, 3.63) is 59.1 Å². The Hall–Kier alpha value is -4.05. The first-order valence-corrected chi connectivity index (χ1v) is 10.7. The lowest BCUT2D eigenvalue weighted by Crippen LogP contribution is -2.15. The molecule has 0 saturated carbocycles. The highest BCUT2D eigenvalue weighted by atomic mass is 32.1. The summed E-state index contributed by atoms with van der Waals surface area (Å²) < 4.78 is 6.98. The topological polar surface area (TPSA) is 114 Å². The van der Waals surface area contributed by atoms with Crippen molar-refractivity contribution in [1.82, 2.24) is 19.8 Å². The highest BCUT2D eigenvalue weighted by Crippen LogP contribution is 2.27. The average molecular weight is 446 g/mol. The van der Waals surface area contributed by atoms with Gasteiger partial charge in [0.05, 0.1) is 12.1 Å². The maximum atomic E-state index is 12.6. The highest BCUT2D eigenvalue weighted by Gasteiger charge is 2.16. The summed E-state index contributed by atoms with van der Waals surface area (Å²) >= 11 is 1.42. The Morgan fingerprint density at radius 1 is 1.12 bits per heavy atom. The Bertz CT molecular complexity index is 1460. The molecule has 5 aromatic rings. The van der Waals surface area contributed by atoms with E-state index in [1.165, 1.54) is 18.3 Å². The number of carbonyl (C=O) groups is 2. The van der Waals surface area contributed by atoms with Crippen LogP contribution >= 0.6 is 11.3 Å². The number of anilines is 2. The molecule has 3 aromatic heterocycles. The normalized spacial score (nSPS) is 11.2. The largest absolute Gasteiger partial charge is 0.356 e. The van der Waals surface area contributed by atoms with E-state index < -0.39 is 0 Å². The number of thiazole rings is 1. The van der Waals surface area contributed by atoms with Crippen LogP contribution in [0.4, 0.5) is 11.6 Å². The van der Waals surface area contributed by atoms with E-state index in [2.05, 4.69) is 25.9 Å². The molecule has 3 heterocycles. The number of carbonyl (C=O) groups excluding carboxylic acids is 2. The fourth-order valence-corrected chi connectivity index (χ4v) is 4.24. The Kier molecular flexibility index (Phi) is 4.91. The van der Waals surface area contributed by atoms with Gasteiger partial charge in [-0.3, -0.25) is 14.9 Å². The van der Waals surface area contributed by atoms with Crippen LogP contribution in [0.5, 0.6) is 0 Å². The van der Waals surface area contributed by atoms with Crippen LogP contribution in [-0.2, 0) is 16.0 Å². The summed E-state index contributed by atoms with van der Waals surface area (Å²) in [6, 6.07) is 13.2. The molecule has 2 aromatic carbocycles. The summed E-state index contributed by atoms with van der Waals surface area (Å²) in [7, 11) is 0. The van der Waals surface area contributed by atoms with Gasteiger partial charge in [-0.1, -0.05) is 28.9 Å². The van der Waals surface area contributed by atoms with Gasteiger partial charge in [0.25, 0.3) is 0 Å². The molecule has 0 atom stereocenters. The molecule has 0 unspecified atom stereocenters. The Labute approximate surface area is 186 Å². The molecule has 9 nitrogen and oxygen atoms in total. The van der Waals surface area contributed by atoms with Gasteiger partial charge in [-0.2, -0.15) is 4.98 Å². The molecule has 0 spiro atoms. The van der Waals surface area contributed by atoms with Crippen molar-refractivity contribution in [2.45, 2.75) is 20.3 Å². The van der Waals surface area contributed by atoms with Gasteiger partial charge in [0, 0.05) is 28.9 Å². The Morgan fingerprint density at radius 2 is 1.94 bits per heavy atom. The molecular weight excluding hydrogens is 428 g/mol. The number of hydrogen-bond donors (Lipinski definition) is 2. The summed E-state index contributed by atoms with van der Waals surface area (Å²) in [6.45, 7) is 3.44. The van der Waals surface area contributed by atoms with E-state index in [4.69, 9.17) is 4.52 Å². The molecule has 0 aliphatic carbocycles. The van der Waals surface area contributed by atoms with E-state index >= 15 is 0 Å². The number of amides is 2. The fraction of sp³-hybridized carbons (Fsp3) is 0.136. The highest BCUT2D eigenvalue weighted by molar-refractivity contribution is 7.15. The molecule has 5 rings (SSSR count). The third-order valence-corrected chi connectivity index (χ3v) is 5.68. The number of nitrogens with zero attached hydrogens (tertiary/aromatic N) is 4. The van der Waals surface area contributed by atoms with Crippen LogP contribution in [0.1, 0.15) is 18.2 Å². The van der Waals surface area contributed by atoms with Crippen LogP contribution in [-0.4, -0.2) is 31.6 Å². The summed E-state index contributed by atoms with van der Waals surface area (Å²) in [4.78, 5) is 28.8. The van der Waals surface area contributed by atoms with Gasteiger partial charge in [0.1, 0.15) is 5.69 Å². The van der Waals surface area contributed by atoms with E-state index in [1.807, 2.05) is 54.8 Å². The van der Waals surface area contributed by atoms with Gasteiger partial charge in [-0.05, 0) is 31.2 Å². The van der Waals surface area contributed by atoms with Crippen LogP contribution in [0.15, 0.2) is 52.4 Å². The smallest absolute Gasteiger partial charge is 0.250 e. The van der Waals surface area contributed by atoms with E-state index in [9.17, 15) is 9.59 Å². The average Bonchev–Trinajstić information content (AvgIpc) is 3.43. The van der Waals surface area contributed by atoms with Crippen molar-refractivity contribution in [2.75, 3.05) is 10.6 Å². The molecular formula is C22H18N6O3S. The molecule has 10 heteroatoms. The zero-order chi connectivity index (χ0) is 22.2. The van der Waals surface area contributed by atoms with E-state index in [0.717, 1.165) is 27.9 Å². The molecule has 0 fully saturated rings. The van der Waals surface area contributed by atoms with Crippen LogP contribution in [0, 0.1) is 6.92 Å². The van der Waals surface area contributed by atoms with E-state index in [0.29, 0.717) is 16.2 Å². The van der Waals surface area contributed by atoms with Crippen LogP contribution in [0.3, 0.4) is 0 Å². The SMILES string of the molecule is CC(=O)Nc1ccc(-c2csc3nc(NC(=O)Cc4noc5ccc(C)cc45)nn23)cc1. The second kappa shape index (κ2) is 7.89. The maximum Gasteiger partial charge on any atom is 0.250 e. The predicted molar refractivity (Wildman–Crippen MR) is 122 cm³/mol. The fourth-order valence-electron chi connectivity index (χ4n) is 3.41. The number of aromatic nitrogens is 4. The second-order valence-corrected chi connectivity index (χ2v) is 8.20. The molecule has 0 radical (unpaired) electrons. The molecule has 160 valence electrons. The summed E-state index contributed by atoms with van der Waals surface area (Å²) in [5.41, 5.74) is 4.75. The first kappa shape index (κ1) is 19.9. The number of benzene rings is 2. The minimum atomic E-state index is -0.277. The third kappa shape index (κ3) is 3.83. The first-order chi connectivity index (χ1) is 15.5. The first-order valence-electron chi connectivity index (χ1n) is 9.83. The monoisotopic (exact) mass is 446 g/mol. The van der Waals surface area contributed by atoms with Crippen molar-refractivity contribution < 1.29 is 14.1 Å². The lowest BCUT2D eigenvalue weighted by atomic mass is 10.1. The molecule has 0 bridgehead atoms. The van der Waals surface area contributed by atoms with Gasteiger partial charge in [0.15, 0.2) is 5.58 Å². The van der Waals surface area contributed by atoms with Crippen molar-refractivity contribution in [2.24, 2.45) is 0 Å². The predicted octanol–water partition coefficient (Wildman–Crippen LogP) is 4.05. The molecule has 0 saturated heterocycles. The second-order valence-electron chi connectivity index (χ2n) is 7.36. The number of fused-ring (bicyclic) bond motifs is 2. The summed E-state index contributed by atoms with van der Waals surface area (Å²) in [5, 5.41) is 16.7. The molecule has 2 N–H and O–H groups in total. The van der Waals surface area contributed by atoms with Gasteiger partial charge in [-0.25, -0.2) is 4.52 Å². The third-order valence-electron chi connectivity index (χ3n) is 4.86. The van der Waals surface area contributed by atoms with E-state index in [1.54, 1.807) is 4.52 Å². The zero-order valence-electron chi connectivity index (χ0n) is 17.2. The number of aryl methyl sites for hydroxylation is 1. The number of hydrogen-bond acceptors (Lipinski definition) is 7. The zero-order valence-corrected chi connectivity index (χ0v) is 18.1. The molecule has 0 aliphatic rings. The molecule has 2 amide bonds. The Balaban J connectivity index is 1.34. The van der Waals surface area contributed by atoms with Crippen LogP contribution in [0.25, 0.3) is 27.2 Å². The lowest BCUT2D eigenvalue weighted by Gasteiger charge is -2.03. The minimum absolute atomic E-state index is 0.0563. The van der Waals surface area contributed by atoms with Gasteiger partial charge in [-0.15, -0.1) is 16.4 Å². The number of nitrogens with one attached hydrogen (secondary N) is 2. The van der Waals surface area contributed by atoms with Gasteiger partial charge in [0.2, 0.25) is 22.7 Å². The van der Waals surface area contributed by atoms with E-state index in [-0.39, 0.29) is 24.2 Å². The minimum Gasteiger partial charge on any atom is -0.356 e. The van der Waals surface area contributed by atoms with Crippen molar-refractivity contribution in [1.29, 1.82) is 0 Å². The van der Waals surface area contributed by atoms with Gasteiger partial charge < -0.3 is 9.84 Å². The summed E-state index contributed by atoms with van der Waals surface area (Å²) in [6.07, 6.45) is 0.0563. The molecule has 0 aliphatic heterocycles. The van der Waals surface area contributed by atoms with Crippen molar-refractivity contribution in [3.63, 3.8) is 0 Å². The van der Waals surface area contributed by atoms with Crippen molar-refractivity contribution >= 4 is 50.7 Å². The quantitative estimate of drug-likeness (QED) is 0.421. The lowest BCUT2D eigenvalue weighted by molar-refractivity contribution is -0.116. The van der Waals surface area contributed by atoms with Gasteiger partial charge >= 0.3 is 0 Å². The molecule has 32 heavy (non-hydrogen) atoms. The van der Waals surface area contributed by atoms with Crippen LogP contribution < -0.4 is 10.6 Å². The Morgan fingerprint density at radius 3 is 2.72 bits per heavy atom. The maximum absolute atomic E-state index is 12.6. The summed E-state index contributed by atoms with van der Waals surface area (Å²) in [5.74, 6) is -0.177. The van der Waals surface area contributed by atoms with Crippen LogP contribution in [0.2, 0.25) is 0 Å². The number of rotatable bonds is 5.